The lowest BCUT2D eigenvalue weighted by Crippen LogP contribution is -1.95. The number of anilines is 1. The number of hydrogen-bond donors (Lipinski definition) is 1. The van der Waals surface area contributed by atoms with Gasteiger partial charge in [0, 0.05) is 11.1 Å². The highest BCUT2D eigenvalue weighted by atomic mass is 32.2. The summed E-state index contributed by atoms with van der Waals surface area (Å²) in [6.45, 7) is 0. The van der Waals surface area contributed by atoms with Crippen molar-refractivity contribution in [3.8, 4) is 0 Å². The zero-order chi connectivity index (χ0) is 12.4. The van der Waals surface area contributed by atoms with Gasteiger partial charge < -0.3 is 5.73 Å². The van der Waals surface area contributed by atoms with Crippen molar-refractivity contribution in [2.24, 2.45) is 0 Å². The van der Waals surface area contributed by atoms with Crippen molar-refractivity contribution in [1.29, 1.82) is 0 Å². The molecule has 1 aromatic carbocycles. The minimum atomic E-state index is 0.348. The third kappa shape index (κ3) is 2.32. The first-order valence-corrected chi connectivity index (χ1v) is 7.37. The van der Waals surface area contributed by atoms with E-state index < -0.39 is 0 Å². The molecule has 0 aliphatic heterocycles. The normalized spacial score (nSPS) is 10.9. The zero-order valence-corrected chi connectivity index (χ0v) is 11.2. The van der Waals surface area contributed by atoms with Gasteiger partial charge in [0.2, 0.25) is 5.95 Å². The number of nitrogens with two attached hydrogens (primary N) is 1. The maximum atomic E-state index is 5.72. The van der Waals surface area contributed by atoms with Gasteiger partial charge in [0.15, 0.2) is 0 Å². The molecule has 3 nitrogen and oxygen atoms in total. The van der Waals surface area contributed by atoms with Crippen molar-refractivity contribution in [1.82, 2.24) is 9.97 Å². The highest BCUT2D eigenvalue weighted by Crippen LogP contribution is 2.30. The standard InChI is InChI=1S/C13H11N3S2/c14-13-15-11-10(6-7-17-11)12(16-13)18-8-9-4-2-1-3-5-9/h1-7H,8H2,(H2,14,15,16). The summed E-state index contributed by atoms with van der Waals surface area (Å²) in [4.78, 5) is 9.50. The van der Waals surface area contributed by atoms with Crippen molar-refractivity contribution in [2.45, 2.75) is 10.8 Å². The Morgan fingerprint density at radius 1 is 1.11 bits per heavy atom. The molecule has 90 valence electrons. The van der Waals surface area contributed by atoms with Crippen molar-refractivity contribution >= 4 is 39.3 Å². The fourth-order valence-corrected chi connectivity index (χ4v) is 3.49. The molecule has 2 N–H and O–H groups in total. The Balaban J connectivity index is 1.88. The number of aromatic nitrogens is 2. The number of rotatable bonds is 3. The second-order valence-corrected chi connectivity index (χ2v) is 5.66. The predicted octanol–water partition coefficient (Wildman–Crippen LogP) is 3.57. The van der Waals surface area contributed by atoms with E-state index in [0.717, 1.165) is 21.0 Å². The van der Waals surface area contributed by atoms with Crippen LogP contribution in [0.15, 0.2) is 46.8 Å². The second-order valence-electron chi connectivity index (χ2n) is 3.80. The first kappa shape index (κ1) is 11.5. The van der Waals surface area contributed by atoms with Crippen LogP contribution in [0.4, 0.5) is 5.95 Å². The van der Waals surface area contributed by atoms with Crippen molar-refractivity contribution in [2.75, 3.05) is 5.73 Å². The first-order valence-electron chi connectivity index (χ1n) is 5.50. The Bertz CT molecular complexity index is 664. The van der Waals surface area contributed by atoms with Crippen LogP contribution in [-0.2, 0) is 5.75 Å². The molecule has 2 aromatic heterocycles. The van der Waals surface area contributed by atoms with E-state index in [1.165, 1.54) is 5.56 Å². The molecule has 18 heavy (non-hydrogen) atoms. The molecule has 0 unspecified atom stereocenters. The molecule has 3 rings (SSSR count). The van der Waals surface area contributed by atoms with Crippen LogP contribution in [0.2, 0.25) is 0 Å². The smallest absolute Gasteiger partial charge is 0.222 e. The molecule has 0 saturated carbocycles. The van der Waals surface area contributed by atoms with Crippen molar-refractivity contribution < 1.29 is 0 Å². The maximum Gasteiger partial charge on any atom is 0.222 e. The highest BCUT2D eigenvalue weighted by molar-refractivity contribution is 7.98. The van der Waals surface area contributed by atoms with Crippen LogP contribution in [0.25, 0.3) is 10.2 Å². The average Bonchev–Trinajstić information content (AvgIpc) is 2.85. The van der Waals surface area contributed by atoms with Gasteiger partial charge in [-0.2, -0.15) is 0 Å². The van der Waals surface area contributed by atoms with Crippen LogP contribution in [0.1, 0.15) is 5.56 Å². The largest absolute Gasteiger partial charge is 0.368 e. The number of benzene rings is 1. The van der Waals surface area contributed by atoms with E-state index in [1.807, 2.05) is 29.6 Å². The van der Waals surface area contributed by atoms with Gasteiger partial charge in [-0.15, -0.1) is 23.1 Å². The van der Waals surface area contributed by atoms with Crippen LogP contribution in [0, 0.1) is 0 Å². The third-order valence-electron chi connectivity index (χ3n) is 2.53. The SMILES string of the molecule is Nc1nc(SCc2ccccc2)c2ccsc2n1. The summed E-state index contributed by atoms with van der Waals surface area (Å²) < 4.78 is 0. The summed E-state index contributed by atoms with van der Waals surface area (Å²) in [6.07, 6.45) is 0. The second kappa shape index (κ2) is 4.96. The summed E-state index contributed by atoms with van der Waals surface area (Å²) >= 11 is 3.29. The Kier molecular flexibility index (Phi) is 3.17. The van der Waals surface area contributed by atoms with Crippen LogP contribution in [0.5, 0.6) is 0 Å². The van der Waals surface area contributed by atoms with Crippen molar-refractivity contribution in [3.63, 3.8) is 0 Å². The number of nitrogen functional groups attached to an aromatic ring is 1. The van der Waals surface area contributed by atoms with Crippen LogP contribution >= 0.6 is 23.1 Å². The lowest BCUT2D eigenvalue weighted by molar-refractivity contribution is 1.12. The van der Waals surface area contributed by atoms with Gasteiger partial charge in [-0.25, -0.2) is 9.97 Å². The van der Waals surface area contributed by atoms with E-state index in [0.29, 0.717) is 5.95 Å². The summed E-state index contributed by atoms with van der Waals surface area (Å²) in [6, 6.07) is 12.4. The van der Waals surface area contributed by atoms with Gasteiger partial charge in [0.05, 0.1) is 0 Å². The molecule has 5 heteroatoms. The fraction of sp³-hybridized carbons (Fsp3) is 0.0769. The zero-order valence-electron chi connectivity index (χ0n) is 9.54. The highest BCUT2D eigenvalue weighted by Gasteiger charge is 2.07. The summed E-state index contributed by atoms with van der Waals surface area (Å²) in [5.41, 5.74) is 7.00. The molecule has 0 spiro atoms. The number of nitrogens with zero attached hydrogens (tertiary/aromatic N) is 2. The van der Waals surface area contributed by atoms with E-state index in [4.69, 9.17) is 5.73 Å². The van der Waals surface area contributed by atoms with E-state index in [1.54, 1.807) is 23.1 Å². The quantitative estimate of drug-likeness (QED) is 0.585. The topological polar surface area (TPSA) is 51.8 Å². The minimum Gasteiger partial charge on any atom is -0.368 e. The predicted molar refractivity (Wildman–Crippen MR) is 77.8 cm³/mol. The summed E-state index contributed by atoms with van der Waals surface area (Å²) in [5.74, 6) is 1.24. The lowest BCUT2D eigenvalue weighted by Gasteiger charge is -2.03. The first-order chi connectivity index (χ1) is 8.83. The van der Waals surface area contributed by atoms with Crippen LogP contribution in [-0.4, -0.2) is 9.97 Å². The molecule has 0 fully saturated rings. The Labute approximate surface area is 113 Å². The van der Waals surface area contributed by atoms with Gasteiger partial charge in [-0.05, 0) is 17.0 Å². The fourth-order valence-electron chi connectivity index (χ4n) is 1.68. The van der Waals surface area contributed by atoms with Gasteiger partial charge in [-0.3, -0.25) is 0 Å². The summed E-state index contributed by atoms with van der Waals surface area (Å²) in [7, 11) is 0. The van der Waals surface area contributed by atoms with Gasteiger partial charge >= 0.3 is 0 Å². The van der Waals surface area contributed by atoms with Gasteiger partial charge in [0.25, 0.3) is 0 Å². The monoisotopic (exact) mass is 273 g/mol. The van der Waals surface area contributed by atoms with E-state index >= 15 is 0 Å². The molecule has 0 bridgehead atoms. The molecular formula is C13H11N3S2. The molecule has 3 aromatic rings. The number of hydrogen-bond acceptors (Lipinski definition) is 5. The number of thiophene rings is 1. The molecule has 0 aliphatic rings. The molecule has 0 atom stereocenters. The van der Waals surface area contributed by atoms with Gasteiger partial charge in [0.1, 0.15) is 9.86 Å². The van der Waals surface area contributed by atoms with E-state index in [-0.39, 0.29) is 0 Å². The lowest BCUT2D eigenvalue weighted by atomic mass is 10.2. The van der Waals surface area contributed by atoms with Gasteiger partial charge in [-0.1, -0.05) is 30.3 Å². The van der Waals surface area contributed by atoms with Crippen LogP contribution in [0.3, 0.4) is 0 Å². The Morgan fingerprint density at radius 3 is 2.78 bits per heavy atom. The number of fused-ring (bicyclic) bond motifs is 1. The number of thioether (sulfide) groups is 1. The van der Waals surface area contributed by atoms with E-state index in [2.05, 4.69) is 22.1 Å². The third-order valence-corrected chi connectivity index (χ3v) is 4.39. The molecule has 0 aliphatic carbocycles. The minimum absolute atomic E-state index is 0.348. The molecule has 2 heterocycles. The molecule has 0 saturated heterocycles. The maximum absolute atomic E-state index is 5.72. The van der Waals surface area contributed by atoms with Crippen molar-refractivity contribution in [3.05, 3.63) is 47.3 Å². The molecular weight excluding hydrogens is 262 g/mol. The Morgan fingerprint density at radius 2 is 1.94 bits per heavy atom. The Hall–Kier alpha value is -1.59. The van der Waals surface area contributed by atoms with Crippen LogP contribution < -0.4 is 5.73 Å². The summed E-state index contributed by atoms with van der Waals surface area (Å²) in [5, 5.41) is 4.07. The molecule has 0 amide bonds. The average molecular weight is 273 g/mol. The van der Waals surface area contributed by atoms with E-state index in [9.17, 15) is 0 Å². The molecule has 0 radical (unpaired) electrons.